The van der Waals surface area contributed by atoms with E-state index in [1.54, 1.807) is 47.6 Å². The highest BCUT2D eigenvalue weighted by Crippen LogP contribution is 2.31. The van der Waals surface area contributed by atoms with Gasteiger partial charge in [-0.3, -0.25) is 14.6 Å². The molecule has 1 aromatic heterocycles. The van der Waals surface area contributed by atoms with Gasteiger partial charge in [0.1, 0.15) is 12.7 Å². The fraction of sp³-hybridized carbons (Fsp3) is 0.269. The molecule has 1 fully saturated rings. The SMILES string of the molecule is COc1ccc(C(=O)Nc2ccc([C@H]3OCC(=O)N(Cc4ccncc4)[C@@H]3CO)cc2)cc1OC. The zero-order valence-electron chi connectivity index (χ0n) is 19.5. The van der Waals surface area contributed by atoms with Gasteiger partial charge in [0.25, 0.3) is 5.91 Å². The third kappa shape index (κ3) is 5.42. The Morgan fingerprint density at radius 2 is 1.80 bits per heavy atom. The monoisotopic (exact) mass is 477 g/mol. The number of ether oxygens (including phenoxy) is 3. The van der Waals surface area contributed by atoms with Crippen LogP contribution in [-0.4, -0.2) is 60.3 Å². The number of amides is 2. The third-order valence-corrected chi connectivity index (χ3v) is 5.89. The number of nitrogens with one attached hydrogen (secondary N) is 1. The lowest BCUT2D eigenvalue weighted by atomic mass is 9.98. The second-order valence-corrected chi connectivity index (χ2v) is 8.00. The molecule has 0 bridgehead atoms. The Bertz CT molecular complexity index is 1170. The van der Waals surface area contributed by atoms with Gasteiger partial charge < -0.3 is 29.5 Å². The molecule has 2 aromatic carbocycles. The van der Waals surface area contributed by atoms with Crippen LogP contribution >= 0.6 is 0 Å². The molecule has 9 nitrogen and oxygen atoms in total. The Morgan fingerprint density at radius 3 is 2.46 bits per heavy atom. The number of aliphatic hydroxyl groups is 1. The van der Waals surface area contributed by atoms with Crippen molar-refractivity contribution in [3.8, 4) is 11.5 Å². The number of aromatic nitrogens is 1. The van der Waals surface area contributed by atoms with E-state index in [1.807, 2.05) is 24.3 Å². The highest BCUT2D eigenvalue weighted by atomic mass is 16.5. The number of rotatable bonds is 8. The van der Waals surface area contributed by atoms with Crippen LogP contribution in [0.3, 0.4) is 0 Å². The number of hydrogen-bond donors (Lipinski definition) is 2. The van der Waals surface area contributed by atoms with Gasteiger partial charge in [0.2, 0.25) is 5.91 Å². The fourth-order valence-corrected chi connectivity index (χ4v) is 4.04. The van der Waals surface area contributed by atoms with Crippen molar-refractivity contribution in [2.75, 3.05) is 32.8 Å². The summed E-state index contributed by atoms with van der Waals surface area (Å²) in [5.74, 6) is 0.521. The molecule has 1 aliphatic heterocycles. The minimum Gasteiger partial charge on any atom is -0.493 e. The number of anilines is 1. The van der Waals surface area contributed by atoms with Crippen molar-refractivity contribution in [1.82, 2.24) is 9.88 Å². The first-order valence-corrected chi connectivity index (χ1v) is 11.1. The van der Waals surface area contributed by atoms with Crippen LogP contribution in [0.25, 0.3) is 0 Å². The van der Waals surface area contributed by atoms with Gasteiger partial charge in [-0.15, -0.1) is 0 Å². The number of nitrogens with zero attached hydrogens (tertiary/aromatic N) is 2. The fourth-order valence-electron chi connectivity index (χ4n) is 4.04. The summed E-state index contributed by atoms with van der Waals surface area (Å²) < 4.78 is 16.3. The second-order valence-electron chi connectivity index (χ2n) is 8.00. The Kier molecular flexibility index (Phi) is 7.59. The molecule has 0 saturated carbocycles. The number of hydrogen-bond acceptors (Lipinski definition) is 7. The van der Waals surface area contributed by atoms with E-state index in [-0.39, 0.29) is 25.0 Å². The molecule has 0 aliphatic carbocycles. The van der Waals surface area contributed by atoms with Gasteiger partial charge in [-0.05, 0) is 53.6 Å². The molecule has 2 heterocycles. The summed E-state index contributed by atoms with van der Waals surface area (Å²) >= 11 is 0. The van der Waals surface area contributed by atoms with Crippen LogP contribution in [0.4, 0.5) is 5.69 Å². The van der Waals surface area contributed by atoms with E-state index in [2.05, 4.69) is 10.3 Å². The molecule has 9 heteroatoms. The van der Waals surface area contributed by atoms with E-state index in [0.29, 0.717) is 29.3 Å². The van der Waals surface area contributed by atoms with Gasteiger partial charge in [0.15, 0.2) is 11.5 Å². The van der Waals surface area contributed by atoms with Gasteiger partial charge in [0, 0.05) is 30.2 Å². The minimum absolute atomic E-state index is 0.0793. The summed E-state index contributed by atoms with van der Waals surface area (Å²) in [5, 5.41) is 13.0. The number of aliphatic hydroxyl groups excluding tert-OH is 1. The average molecular weight is 478 g/mol. The van der Waals surface area contributed by atoms with Crippen molar-refractivity contribution in [3.63, 3.8) is 0 Å². The van der Waals surface area contributed by atoms with Crippen molar-refractivity contribution in [2.45, 2.75) is 18.7 Å². The Hall–Kier alpha value is -3.95. The summed E-state index contributed by atoms with van der Waals surface area (Å²) in [7, 11) is 3.04. The molecule has 3 aromatic rings. The van der Waals surface area contributed by atoms with E-state index in [4.69, 9.17) is 14.2 Å². The highest BCUT2D eigenvalue weighted by molar-refractivity contribution is 6.04. The number of pyridine rings is 1. The van der Waals surface area contributed by atoms with E-state index in [9.17, 15) is 14.7 Å². The molecule has 1 aliphatic rings. The maximum absolute atomic E-state index is 12.7. The maximum atomic E-state index is 12.7. The summed E-state index contributed by atoms with van der Waals surface area (Å²) in [6.45, 7) is 0.0230. The smallest absolute Gasteiger partial charge is 0.255 e. The van der Waals surface area contributed by atoms with Gasteiger partial charge in [-0.1, -0.05) is 12.1 Å². The van der Waals surface area contributed by atoms with Crippen molar-refractivity contribution in [3.05, 3.63) is 83.7 Å². The van der Waals surface area contributed by atoms with E-state index >= 15 is 0 Å². The van der Waals surface area contributed by atoms with Crippen molar-refractivity contribution < 1.29 is 28.9 Å². The summed E-state index contributed by atoms with van der Waals surface area (Å²) in [4.78, 5) is 30.9. The number of methoxy groups -OCH3 is 2. The number of carbonyl (C=O) groups excluding carboxylic acids is 2. The van der Waals surface area contributed by atoms with Crippen molar-refractivity contribution >= 4 is 17.5 Å². The molecule has 0 spiro atoms. The van der Waals surface area contributed by atoms with Gasteiger partial charge in [0.05, 0.1) is 26.9 Å². The first kappa shape index (κ1) is 24.2. The van der Waals surface area contributed by atoms with Gasteiger partial charge in [-0.25, -0.2) is 0 Å². The predicted molar refractivity (Wildman–Crippen MR) is 128 cm³/mol. The van der Waals surface area contributed by atoms with Crippen molar-refractivity contribution in [2.24, 2.45) is 0 Å². The predicted octanol–water partition coefficient (Wildman–Crippen LogP) is 2.81. The van der Waals surface area contributed by atoms with Gasteiger partial charge >= 0.3 is 0 Å². The molecular formula is C26H27N3O6. The minimum atomic E-state index is -0.545. The lowest BCUT2D eigenvalue weighted by Gasteiger charge is -2.40. The quantitative estimate of drug-likeness (QED) is 0.513. The normalized spacial score (nSPS) is 17.7. The Morgan fingerprint density at radius 1 is 1.09 bits per heavy atom. The standard InChI is InChI=1S/C26H27N3O6/c1-33-22-8-5-19(13-23(22)34-2)26(32)28-20-6-3-18(4-7-20)25-21(15-30)29(24(31)16-35-25)14-17-9-11-27-12-10-17/h3-13,21,25,30H,14-16H2,1-2H3,(H,28,32)/t21-,25-/m1/s1. The van der Waals surface area contributed by atoms with Crippen LogP contribution in [0.5, 0.6) is 11.5 Å². The van der Waals surface area contributed by atoms with E-state index in [1.165, 1.54) is 14.2 Å². The summed E-state index contributed by atoms with van der Waals surface area (Å²) in [6, 6.07) is 15.2. The van der Waals surface area contributed by atoms with Crippen LogP contribution in [0.15, 0.2) is 67.0 Å². The summed E-state index contributed by atoms with van der Waals surface area (Å²) in [5.41, 5.74) is 2.73. The second kappa shape index (κ2) is 11.0. The number of morpholine rings is 1. The molecule has 2 atom stereocenters. The zero-order valence-corrected chi connectivity index (χ0v) is 19.5. The van der Waals surface area contributed by atoms with Gasteiger partial charge in [-0.2, -0.15) is 0 Å². The Labute approximate surface area is 203 Å². The topological polar surface area (TPSA) is 110 Å². The first-order chi connectivity index (χ1) is 17.0. The average Bonchev–Trinajstić information content (AvgIpc) is 2.90. The highest BCUT2D eigenvalue weighted by Gasteiger charge is 2.37. The van der Waals surface area contributed by atoms with Crippen LogP contribution in [0.2, 0.25) is 0 Å². The van der Waals surface area contributed by atoms with Crippen LogP contribution in [0, 0.1) is 0 Å². The molecule has 182 valence electrons. The van der Waals surface area contributed by atoms with Crippen molar-refractivity contribution in [1.29, 1.82) is 0 Å². The van der Waals surface area contributed by atoms with Crippen LogP contribution in [0.1, 0.15) is 27.6 Å². The molecular weight excluding hydrogens is 450 g/mol. The third-order valence-electron chi connectivity index (χ3n) is 5.89. The Balaban J connectivity index is 1.47. The first-order valence-electron chi connectivity index (χ1n) is 11.1. The maximum Gasteiger partial charge on any atom is 0.255 e. The lowest BCUT2D eigenvalue weighted by molar-refractivity contribution is -0.162. The molecule has 2 amide bonds. The zero-order chi connectivity index (χ0) is 24.8. The molecule has 0 radical (unpaired) electrons. The van der Waals surface area contributed by atoms with Crippen LogP contribution in [-0.2, 0) is 16.1 Å². The summed E-state index contributed by atoms with van der Waals surface area (Å²) in [6.07, 6.45) is 2.83. The lowest BCUT2D eigenvalue weighted by Crippen LogP contribution is -2.52. The number of carbonyl (C=O) groups is 2. The molecule has 4 rings (SSSR count). The molecule has 35 heavy (non-hydrogen) atoms. The largest absolute Gasteiger partial charge is 0.493 e. The van der Waals surface area contributed by atoms with Crippen LogP contribution < -0.4 is 14.8 Å². The number of benzene rings is 2. The molecule has 2 N–H and O–H groups in total. The molecule has 1 saturated heterocycles. The van der Waals surface area contributed by atoms with E-state index in [0.717, 1.165) is 11.1 Å². The van der Waals surface area contributed by atoms with E-state index < -0.39 is 12.1 Å². The molecule has 0 unspecified atom stereocenters.